The van der Waals surface area contributed by atoms with Gasteiger partial charge >= 0.3 is 0 Å². The predicted molar refractivity (Wildman–Crippen MR) is 116 cm³/mol. The minimum atomic E-state index is -1.56. The van der Waals surface area contributed by atoms with Crippen molar-refractivity contribution in [3.05, 3.63) is 23.3 Å². The molecule has 0 heterocycles. The van der Waals surface area contributed by atoms with Gasteiger partial charge in [-0.2, -0.15) is 0 Å². The van der Waals surface area contributed by atoms with E-state index in [1.165, 1.54) is 0 Å². The molecule has 0 amide bonds. The second-order valence-electron chi connectivity index (χ2n) is 9.52. The van der Waals surface area contributed by atoms with Gasteiger partial charge in [0.05, 0.1) is 5.41 Å². The van der Waals surface area contributed by atoms with Gasteiger partial charge < -0.3 is 0 Å². The Labute approximate surface area is 175 Å². The first-order valence-electron chi connectivity index (χ1n) is 9.61. The van der Waals surface area contributed by atoms with Crippen molar-refractivity contribution in [2.24, 2.45) is 21.7 Å². The first-order chi connectivity index (χ1) is 11.5. The number of alkyl halides is 3. The van der Waals surface area contributed by atoms with Crippen molar-refractivity contribution >= 4 is 40.6 Å². The molecule has 26 heavy (non-hydrogen) atoms. The van der Waals surface area contributed by atoms with Gasteiger partial charge in [0.15, 0.2) is 5.78 Å². The van der Waals surface area contributed by atoms with Gasteiger partial charge in [0.1, 0.15) is 0 Å². The van der Waals surface area contributed by atoms with Gasteiger partial charge in [-0.05, 0) is 35.5 Å². The van der Waals surface area contributed by atoms with Crippen molar-refractivity contribution in [1.29, 1.82) is 0 Å². The Bertz CT molecular complexity index is 580. The molecule has 4 heteroatoms. The highest BCUT2D eigenvalue weighted by atomic mass is 35.6. The van der Waals surface area contributed by atoms with Gasteiger partial charge in [-0.25, -0.2) is 0 Å². The highest BCUT2D eigenvalue weighted by molar-refractivity contribution is 6.68. The fraction of sp³-hybridized carbons (Fsp3) is 0.773. The van der Waals surface area contributed by atoms with Crippen LogP contribution in [0, 0.1) is 21.7 Å². The van der Waals surface area contributed by atoms with Crippen LogP contribution in [0.2, 0.25) is 0 Å². The maximum atomic E-state index is 13.5. The van der Waals surface area contributed by atoms with Gasteiger partial charge in [0, 0.05) is 11.1 Å². The fourth-order valence-corrected chi connectivity index (χ4v) is 4.48. The molecular weight excluding hydrogens is 387 g/mol. The summed E-state index contributed by atoms with van der Waals surface area (Å²) in [6, 6.07) is 0. The average Bonchev–Trinajstić information content (AvgIpc) is 2.53. The van der Waals surface area contributed by atoms with E-state index in [0.717, 1.165) is 30.4 Å². The van der Waals surface area contributed by atoms with E-state index in [0.29, 0.717) is 0 Å². The van der Waals surface area contributed by atoms with E-state index < -0.39 is 9.21 Å². The lowest BCUT2D eigenvalue weighted by molar-refractivity contribution is -0.114. The number of rotatable bonds is 6. The van der Waals surface area contributed by atoms with E-state index in [9.17, 15) is 4.79 Å². The number of carbonyl (C=O) groups excluding carboxylic acids is 1. The number of halogens is 3. The third kappa shape index (κ3) is 3.91. The summed E-state index contributed by atoms with van der Waals surface area (Å²) in [5.74, 6) is 0.0977. The smallest absolute Gasteiger partial charge is 0.203 e. The van der Waals surface area contributed by atoms with Gasteiger partial charge in [-0.15, -0.1) is 0 Å². The summed E-state index contributed by atoms with van der Waals surface area (Å²) in [6.07, 6.45) is 6.46. The molecule has 1 rings (SSSR count). The summed E-state index contributed by atoms with van der Waals surface area (Å²) in [7, 11) is 0. The van der Waals surface area contributed by atoms with Crippen molar-refractivity contribution in [1.82, 2.24) is 0 Å². The fourth-order valence-electron chi connectivity index (χ4n) is 3.39. The molecule has 0 spiro atoms. The van der Waals surface area contributed by atoms with E-state index in [1.54, 1.807) is 0 Å². The number of hydrogen-bond acceptors (Lipinski definition) is 1. The monoisotopic (exact) mass is 420 g/mol. The Hall–Kier alpha value is 0.0200. The highest BCUT2D eigenvalue weighted by Gasteiger charge is 2.58. The molecule has 0 aromatic rings. The van der Waals surface area contributed by atoms with Crippen LogP contribution in [0.15, 0.2) is 23.3 Å². The van der Waals surface area contributed by atoms with Gasteiger partial charge in [-0.3, -0.25) is 4.79 Å². The molecule has 0 saturated heterocycles. The topological polar surface area (TPSA) is 17.1 Å². The zero-order valence-electron chi connectivity index (χ0n) is 17.8. The van der Waals surface area contributed by atoms with Crippen LogP contribution in [-0.2, 0) is 4.79 Å². The highest BCUT2D eigenvalue weighted by Crippen LogP contribution is 2.62. The second kappa shape index (κ2) is 7.45. The molecule has 0 bridgehead atoms. The Kier molecular flexibility index (Phi) is 6.89. The summed E-state index contributed by atoms with van der Waals surface area (Å²) in [5, 5.41) is 0. The Morgan fingerprint density at radius 2 is 1.12 bits per heavy atom. The lowest BCUT2D eigenvalue weighted by atomic mass is 9.57. The third-order valence-corrected chi connectivity index (χ3v) is 7.87. The predicted octanol–water partition coefficient (Wildman–Crippen LogP) is 8.09. The number of Topliss-reactive ketones (excluding diaryl/α,β-unsaturated/α-hetero) is 1. The summed E-state index contributed by atoms with van der Waals surface area (Å²) in [6.45, 7) is 18.9. The zero-order valence-corrected chi connectivity index (χ0v) is 20.1. The quantitative estimate of drug-likeness (QED) is 0.396. The van der Waals surface area contributed by atoms with Gasteiger partial charge in [0.2, 0.25) is 3.79 Å². The summed E-state index contributed by atoms with van der Waals surface area (Å²) in [5.41, 5.74) is -0.213. The molecule has 0 atom stereocenters. The number of carbonyl (C=O) groups is 1. The molecule has 0 saturated carbocycles. The number of allylic oxidation sites excluding steroid dienone is 4. The van der Waals surface area contributed by atoms with Crippen molar-refractivity contribution in [3.8, 4) is 0 Å². The lowest BCUT2D eigenvalue weighted by Gasteiger charge is -2.51. The third-order valence-electron chi connectivity index (χ3n) is 6.93. The van der Waals surface area contributed by atoms with E-state index in [-0.39, 0.29) is 22.0 Å². The van der Waals surface area contributed by atoms with Crippen LogP contribution >= 0.6 is 34.8 Å². The van der Waals surface area contributed by atoms with E-state index in [4.69, 9.17) is 34.8 Å². The van der Waals surface area contributed by atoms with Crippen LogP contribution in [-0.4, -0.2) is 9.58 Å². The molecule has 0 aromatic carbocycles. The van der Waals surface area contributed by atoms with Crippen LogP contribution in [0.1, 0.15) is 81.6 Å². The number of hydrogen-bond donors (Lipinski definition) is 0. The van der Waals surface area contributed by atoms with Crippen LogP contribution in [0.3, 0.4) is 0 Å². The molecule has 0 unspecified atom stereocenters. The Morgan fingerprint density at radius 3 is 1.35 bits per heavy atom. The molecule has 1 nitrogen and oxygen atoms in total. The zero-order chi connectivity index (χ0) is 20.8. The minimum absolute atomic E-state index is 0.0977. The maximum Gasteiger partial charge on any atom is 0.203 e. The molecule has 1 aliphatic rings. The molecule has 0 N–H and O–H groups in total. The largest absolute Gasteiger partial charge is 0.289 e. The van der Waals surface area contributed by atoms with Crippen LogP contribution < -0.4 is 0 Å². The molecule has 150 valence electrons. The van der Waals surface area contributed by atoms with Crippen molar-refractivity contribution in [2.75, 3.05) is 0 Å². The van der Waals surface area contributed by atoms with Crippen LogP contribution in [0.4, 0.5) is 0 Å². The lowest BCUT2D eigenvalue weighted by Crippen LogP contribution is -2.49. The number of ketones is 1. The summed E-state index contributed by atoms with van der Waals surface area (Å²) < 4.78 is -1.56. The molecular formula is C22H35Cl3O. The van der Waals surface area contributed by atoms with E-state index >= 15 is 0 Å². The SMILES string of the molecule is CCC(C)(C)C1=CC(C(Cl)(Cl)Cl)(C(C)(C)CC)C=C(C(C)(C)CC)C1=O. The standard InChI is InChI=1S/C22H35Cl3O/c1-10-18(4,5)15-13-21(22(23,24)25,20(8,9)12-3)14-16(17(15)26)19(6,7)11-2/h13-14H,10-12H2,1-9H3. The van der Waals surface area contributed by atoms with E-state index in [1.807, 2.05) is 12.2 Å². The summed E-state index contributed by atoms with van der Waals surface area (Å²) >= 11 is 19.9. The molecule has 1 aliphatic carbocycles. The minimum Gasteiger partial charge on any atom is -0.289 e. The first-order valence-corrected chi connectivity index (χ1v) is 10.7. The van der Waals surface area contributed by atoms with Gasteiger partial charge in [0.25, 0.3) is 0 Å². The summed E-state index contributed by atoms with van der Waals surface area (Å²) in [4.78, 5) is 13.5. The van der Waals surface area contributed by atoms with Gasteiger partial charge in [-0.1, -0.05) is 109 Å². The van der Waals surface area contributed by atoms with Crippen LogP contribution in [0.25, 0.3) is 0 Å². The normalized spacial score (nSPS) is 19.3. The second-order valence-corrected chi connectivity index (χ2v) is 11.8. The van der Waals surface area contributed by atoms with Crippen molar-refractivity contribution in [3.63, 3.8) is 0 Å². The van der Waals surface area contributed by atoms with Crippen molar-refractivity contribution in [2.45, 2.75) is 85.4 Å². The Balaban J connectivity index is 3.98. The van der Waals surface area contributed by atoms with Crippen molar-refractivity contribution < 1.29 is 4.79 Å². The maximum absolute atomic E-state index is 13.5. The molecule has 0 radical (unpaired) electrons. The first kappa shape index (κ1) is 24.1. The van der Waals surface area contributed by atoms with Crippen LogP contribution in [0.5, 0.6) is 0 Å². The van der Waals surface area contributed by atoms with E-state index in [2.05, 4.69) is 62.3 Å². The Morgan fingerprint density at radius 1 is 0.769 bits per heavy atom. The molecule has 0 aliphatic heterocycles. The average molecular weight is 422 g/mol. The molecule has 0 fully saturated rings. The molecule has 0 aromatic heterocycles.